The fraction of sp³-hybridized carbons (Fsp3) is 0.571. The Hall–Kier alpha value is -1.80. The number of morpholine rings is 1. The molecule has 1 aromatic heterocycles. The van der Waals surface area contributed by atoms with E-state index in [4.69, 9.17) is 14.4 Å². The van der Waals surface area contributed by atoms with Gasteiger partial charge in [0.1, 0.15) is 17.6 Å². The standard InChI is InChI=1S/C14H18N2O3/c1-9(2)13-6-12(10(3)19-13)14(17)16-4-5-18-8-11(16)7-15/h6,9,11H,4-5,8H2,1-3H3. The van der Waals surface area contributed by atoms with Crippen LogP contribution >= 0.6 is 0 Å². The summed E-state index contributed by atoms with van der Waals surface area (Å²) in [6.45, 7) is 6.99. The smallest absolute Gasteiger partial charge is 0.258 e. The third-order valence-corrected chi connectivity index (χ3v) is 3.27. The van der Waals surface area contributed by atoms with Crippen LogP contribution in [0.15, 0.2) is 10.5 Å². The molecule has 2 heterocycles. The molecule has 1 atom stereocenters. The van der Waals surface area contributed by atoms with Crippen LogP contribution in [-0.4, -0.2) is 36.6 Å². The fourth-order valence-electron chi connectivity index (χ4n) is 2.11. The Kier molecular flexibility index (Phi) is 3.91. The second-order valence-electron chi connectivity index (χ2n) is 4.99. The van der Waals surface area contributed by atoms with Gasteiger partial charge in [0.15, 0.2) is 0 Å². The second kappa shape index (κ2) is 5.45. The summed E-state index contributed by atoms with van der Waals surface area (Å²) >= 11 is 0. The van der Waals surface area contributed by atoms with Crippen LogP contribution < -0.4 is 0 Å². The van der Waals surface area contributed by atoms with E-state index in [1.807, 2.05) is 13.8 Å². The van der Waals surface area contributed by atoms with Crippen molar-refractivity contribution in [3.8, 4) is 6.07 Å². The molecule has 1 amide bonds. The third kappa shape index (κ3) is 2.64. The van der Waals surface area contributed by atoms with E-state index in [1.165, 1.54) is 0 Å². The van der Waals surface area contributed by atoms with E-state index in [9.17, 15) is 4.79 Å². The van der Waals surface area contributed by atoms with E-state index in [-0.39, 0.29) is 18.4 Å². The maximum Gasteiger partial charge on any atom is 0.258 e. The molecule has 1 saturated heterocycles. The average Bonchev–Trinajstić information content (AvgIpc) is 2.80. The highest BCUT2D eigenvalue weighted by atomic mass is 16.5. The zero-order valence-corrected chi connectivity index (χ0v) is 11.5. The van der Waals surface area contributed by atoms with Crippen LogP contribution in [0.4, 0.5) is 0 Å². The number of aryl methyl sites for hydroxylation is 1. The van der Waals surface area contributed by atoms with Gasteiger partial charge in [-0.05, 0) is 13.0 Å². The molecule has 1 aliphatic rings. The zero-order valence-electron chi connectivity index (χ0n) is 11.5. The van der Waals surface area contributed by atoms with Crippen LogP contribution in [0.3, 0.4) is 0 Å². The number of nitriles is 1. The molecule has 1 aromatic rings. The Balaban J connectivity index is 2.26. The quantitative estimate of drug-likeness (QED) is 0.818. The Labute approximate surface area is 112 Å². The van der Waals surface area contributed by atoms with Gasteiger partial charge in [-0.1, -0.05) is 13.8 Å². The van der Waals surface area contributed by atoms with Crippen molar-refractivity contribution in [2.75, 3.05) is 19.8 Å². The summed E-state index contributed by atoms with van der Waals surface area (Å²) in [4.78, 5) is 14.0. The highest BCUT2D eigenvalue weighted by Gasteiger charge is 2.30. The van der Waals surface area contributed by atoms with Gasteiger partial charge in [0.05, 0.1) is 24.8 Å². The molecule has 1 aliphatic heterocycles. The lowest BCUT2D eigenvalue weighted by atomic mass is 10.1. The van der Waals surface area contributed by atoms with Gasteiger partial charge in [0.25, 0.3) is 5.91 Å². The molecule has 1 unspecified atom stereocenters. The van der Waals surface area contributed by atoms with Crippen molar-refractivity contribution in [2.24, 2.45) is 0 Å². The number of ether oxygens (including phenoxy) is 1. The summed E-state index contributed by atoms with van der Waals surface area (Å²) in [5, 5.41) is 9.07. The Morgan fingerprint density at radius 1 is 1.58 bits per heavy atom. The van der Waals surface area contributed by atoms with Crippen LogP contribution in [0.1, 0.15) is 41.6 Å². The Bertz CT molecular complexity index is 513. The minimum Gasteiger partial charge on any atom is -0.465 e. The molecule has 102 valence electrons. The van der Waals surface area contributed by atoms with Gasteiger partial charge in [-0.2, -0.15) is 5.26 Å². The maximum atomic E-state index is 12.5. The number of amides is 1. The van der Waals surface area contributed by atoms with Crippen molar-refractivity contribution in [3.63, 3.8) is 0 Å². The van der Waals surface area contributed by atoms with Crippen molar-refractivity contribution in [2.45, 2.75) is 32.7 Å². The predicted molar refractivity (Wildman–Crippen MR) is 68.8 cm³/mol. The minimum atomic E-state index is -0.516. The van der Waals surface area contributed by atoms with Crippen LogP contribution in [0, 0.1) is 18.3 Å². The lowest BCUT2D eigenvalue weighted by Crippen LogP contribution is -2.48. The normalized spacial score (nSPS) is 19.5. The Morgan fingerprint density at radius 3 is 2.89 bits per heavy atom. The number of nitrogens with zero attached hydrogens (tertiary/aromatic N) is 2. The first-order valence-corrected chi connectivity index (χ1v) is 6.43. The number of hydrogen-bond donors (Lipinski definition) is 0. The molecule has 0 aromatic carbocycles. The van der Waals surface area contributed by atoms with Crippen molar-refractivity contribution in [1.82, 2.24) is 4.90 Å². The molecule has 0 radical (unpaired) electrons. The first-order chi connectivity index (χ1) is 9.04. The van der Waals surface area contributed by atoms with E-state index in [2.05, 4.69) is 6.07 Å². The van der Waals surface area contributed by atoms with Gasteiger partial charge >= 0.3 is 0 Å². The summed E-state index contributed by atoms with van der Waals surface area (Å²) in [5.41, 5.74) is 0.547. The molecule has 2 rings (SSSR count). The molecule has 0 N–H and O–H groups in total. The number of hydrogen-bond acceptors (Lipinski definition) is 4. The predicted octanol–water partition coefficient (Wildman–Crippen LogP) is 2.08. The highest BCUT2D eigenvalue weighted by molar-refractivity contribution is 5.95. The lowest BCUT2D eigenvalue weighted by Gasteiger charge is -2.31. The highest BCUT2D eigenvalue weighted by Crippen LogP contribution is 2.24. The van der Waals surface area contributed by atoms with Crippen LogP contribution in [0.25, 0.3) is 0 Å². The third-order valence-electron chi connectivity index (χ3n) is 3.27. The number of rotatable bonds is 2. The molecule has 5 nitrogen and oxygen atoms in total. The Morgan fingerprint density at radius 2 is 2.32 bits per heavy atom. The molecule has 0 spiro atoms. The van der Waals surface area contributed by atoms with Crippen molar-refractivity contribution < 1.29 is 13.9 Å². The molecule has 0 aliphatic carbocycles. The molecule has 1 fully saturated rings. The largest absolute Gasteiger partial charge is 0.465 e. The maximum absolute atomic E-state index is 12.5. The number of carbonyl (C=O) groups is 1. The van der Waals surface area contributed by atoms with E-state index < -0.39 is 6.04 Å². The molecule has 0 bridgehead atoms. The summed E-state index contributed by atoms with van der Waals surface area (Å²) in [7, 11) is 0. The first-order valence-electron chi connectivity index (χ1n) is 6.43. The molecular weight excluding hydrogens is 244 g/mol. The van der Waals surface area contributed by atoms with Gasteiger partial charge in [0.2, 0.25) is 0 Å². The number of carbonyl (C=O) groups excluding carboxylic acids is 1. The van der Waals surface area contributed by atoms with Crippen LogP contribution in [-0.2, 0) is 4.74 Å². The molecule has 0 saturated carbocycles. The van der Waals surface area contributed by atoms with Gasteiger partial charge in [-0.15, -0.1) is 0 Å². The SMILES string of the molecule is Cc1oc(C(C)C)cc1C(=O)N1CCOCC1C#N. The van der Waals surface area contributed by atoms with E-state index >= 15 is 0 Å². The minimum absolute atomic E-state index is 0.150. The molecule has 19 heavy (non-hydrogen) atoms. The van der Waals surface area contributed by atoms with Crippen molar-refractivity contribution in [3.05, 3.63) is 23.2 Å². The van der Waals surface area contributed by atoms with Gasteiger partial charge in [-0.3, -0.25) is 4.79 Å². The van der Waals surface area contributed by atoms with Crippen molar-refractivity contribution in [1.29, 1.82) is 5.26 Å². The molecule has 5 heteroatoms. The van der Waals surface area contributed by atoms with Crippen LogP contribution in [0.2, 0.25) is 0 Å². The van der Waals surface area contributed by atoms with E-state index in [1.54, 1.807) is 17.9 Å². The zero-order chi connectivity index (χ0) is 14.0. The van der Waals surface area contributed by atoms with Crippen molar-refractivity contribution >= 4 is 5.91 Å². The molecular formula is C14H18N2O3. The monoisotopic (exact) mass is 262 g/mol. The second-order valence-corrected chi connectivity index (χ2v) is 4.99. The lowest BCUT2D eigenvalue weighted by molar-refractivity contribution is 0.0131. The summed E-state index contributed by atoms with van der Waals surface area (Å²) < 4.78 is 10.8. The topological polar surface area (TPSA) is 66.5 Å². The fourth-order valence-corrected chi connectivity index (χ4v) is 2.11. The summed E-state index contributed by atoms with van der Waals surface area (Å²) in [6, 6.07) is 3.37. The van der Waals surface area contributed by atoms with E-state index in [0.717, 1.165) is 5.76 Å². The first kappa shape index (κ1) is 13.6. The van der Waals surface area contributed by atoms with Gasteiger partial charge in [0, 0.05) is 12.5 Å². The summed E-state index contributed by atoms with van der Waals surface area (Å²) in [5.74, 6) is 1.49. The van der Waals surface area contributed by atoms with Crippen LogP contribution in [0.5, 0.6) is 0 Å². The van der Waals surface area contributed by atoms with E-state index in [0.29, 0.717) is 24.5 Å². The van der Waals surface area contributed by atoms with Gasteiger partial charge in [-0.25, -0.2) is 0 Å². The number of furan rings is 1. The average molecular weight is 262 g/mol. The van der Waals surface area contributed by atoms with Gasteiger partial charge < -0.3 is 14.1 Å². The summed E-state index contributed by atoms with van der Waals surface area (Å²) in [6.07, 6.45) is 0.